The lowest BCUT2D eigenvalue weighted by atomic mass is 10.2. The number of hydrogen-bond acceptors (Lipinski definition) is 5. The fraction of sp³-hybridized carbons (Fsp3) is 0.0769. The minimum absolute atomic E-state index is 0.0447. The molecule has 7 heteroatoms. The molecule has 0 unspecified atom stereocenters. The van der Waals surface area contributed by atoms with Gasteiger partial charge in [-0.15, -0.1) is 0 Å². The zero-order valence-electron chi connectivity index (χ0n) is 10.3. The maximum absolute atomic E-state index is 10.6. The van der Waals surface area contributed by atoms with E-state index in [-0.39, 0.29) is 5.69 Å². The Morgan fingerprint density at radius 2 is 2.10 bits per heavy atom. The van der Waals surface area contributed by atoms with Gasteiger partial charge in [0.1, 0.15) is 24.4 Å². The summed E-state index contributed by atoms with van der Waals surface area (Å²) in [6.07, 6.45) is 4.09. The van der Waals surface area contributed by atoms with E-state index < -0.39 is 4.92 Å². The zero-order chi connectivity index (χ0) is 13.9. The van der Waals surface area contributed by atoms with Crippen LogP contribution in [-0.2, 0) is 6.54 Å². The number of nitrogens with zero attached hydrogens (tertiary/aromatic N) is 4. The van der Waals surface area contributed by atoms with E-state index in [9.17, 15) is 10.1 Å². The third kappa shape index (κ3) is 2.41. The molecule has 0 saturated heterocycles. The molecule has 3 rings (SSSR count). The molecule has 0 saturated carbocycles. The molecular weight excluding hydrogens is 260 g/mol. The summed E-state index contributed by atoms with van der Waals surface area (Å²) in [5.74, 6) is 0.516. The van der Waals surface area contributed by atoms with Gasteiger partial charge >= 0.3 is 5.69 Å². The Kier molecular flexibility index (Phi) is 3.00. The Labute approximate surface area is 113 Å². The topological polar surface area (TPSA) is 87.0 Å². The highest BCUT2D eigenvalue weighted by molar-refractivity contribution is 5.52. The van der Waals surface area contributed by atoms with Gasteiger partial charge in [0, 0.05) is 5.56 Å². The molecule has 100 valence electrons. The largest absolute Gasteiger partial charge is 0.444 e. The maximum Gasteiger partial charge on any atom is 0.307 e. The highest BCUT2D eigenvalue weighted by Crippen LogP contribution is 2.18. The van der Waals surface area contributed by atoms with E-state index >= 15 is 0 Å². The van der Waals surface area contributed by atoms with Gasteiger partial charge in [-0.2, -0.15) is 5.10 Å². The third-order valence-corrected chi connectivity index (χ3v) is 2.73. The molecule has 2 heterocycles. The van der Waals surface area contributed by atoms with Gasteiger partial charge in [0.25, 0.3) is 0 Å². The lowest BCUT2D eigenvalue weighted by Crippen LogP contribution is -2.00. The second-order valence-electron chi connectivity index (χ2n) is 4.16. The highest BCUT2D eigenvalue weighted by atomic mass is 16.6. The second kappa shape index (κ2) is 4.96. The number of nitro groups is 1. The van der Waals surface area contributed by atoms with Gasteiger partial charge in [-0.3, -0.25) is 14.8 Å². The molecule has 0 atom stereocenters. The quantitative estimate of drug-likeness (QED) is 0.537. The van der Waals surface area contributed by atoms with Gasteiger partial charge < -0.3 is 4.42 Å². The van der Waals surface area contributed by atoms with Crippen molar-refractivity contribution in [1.29, 1.82) is 0 Å². The first kappa shape index (κ1) is 12.1. The molecule has 7 nitrogen and oxygen atoms in total. The van der Waals surface area contributed by atoms with Crippen molar-refractivity contribution in [3.63, 3.8) is 0 Å². The number of rotatable bonds is 4. The molecule has 0 bridgehead atoms. The number of benzene rings is 1. The summed E-state index contributed by atoms with van der Waals surface area (Å²) < 4.78 is 6.84. The molecular formula is C13H10N4O3. The van der Waals surface area contributed by atoms with E-state index in [1.165, 1.54) is 23.3 Å². The highest BCUT2D eigenvalue weighted by Gasteiger charge is 2.11. The van der Waals surface area contributed by atoms with Crippen molar-refractivity contribution in [2.24, 2.45) is 0 Å². The van der Waals surface area contributed by atoms with Gasteiger partial charge in [0.05, 0.1) is 11.5 Å². The molecule has 2 aromatic heterocycles. The van der Waals surface area contributed by atoms with E-state index in [0.29, 0.717) is 18.1 Å². The maximum atomic E-state index is 10.6. The van der Waals surface area contributed by atoms with Crippen LogP contribution in [0.4, 0.5) is 5.69 Å². The lowest BCUT2D eigenvalue weighted by Gasteiger charge is -1.95. The summed E-state index contributed by atoms with van der Waals surface area (Å²) in [6.45, 7) is 0.324. The molecule has 0 radical (unpaired) electrons. The van der Waals surface area contributed by atoms with Gasteiger partial charge in [-0.05, 0) is 12.1 Å². The monoisotopic (exact) mass is 270 g/mol. The van der Waals surface area contributed by atoms with Gasteiger partial charge in [-0.1, -0.05) is 18.2 Å². The van der Waals surface area contributed by atoms with E-state index in [4.69, 9.17) is 4.42 Å². The normalized spacial score (nSPS) is 10.6. The molecule has 0 amide bonds. The summed E-state index contributed by atoms with van der Waals surface area (Å²) in [5.41, 5.74) is 1.49. The Morgan fingerprint density at radius 3 is 2.80 bits per heavy atom. The van der Waals surface area contributed by atoms with Crippen molar-refractivity contribution in [2.75, 3.05) is 0 Å². The van der Waals surface area contributed by atoms with E-state index in [1.54, 1.807) is 0 Å². The summed E-state index contributed by atoms with van der Waals surface area (Å²) in [7, 11) is 0. The minimum atomic E-state index is -0.484. The molecule has 0 N–H and O–H groups in total. The first-order chi connectivity index (χ1) is 9.72. The van der Waals surface area contributed by atoms with Crippen LogP contribution in [0.2, 0.25) is 0 Å². The fourth-order valence-electron chi connectivity index (χ4n) is 1.79. The summed E-state index contributed by atoms with van der Waals surface area (Å²) in [4.78, 5) is 14.4. The second-order valence-corrected chi connectivity index (χ2v) is 4.16. The molecule has 0 spiro atoms. The van der Waals surface area contributed by atoms with Crippen LogP contribution < -0.4 is 0 Å². The molecule has 1 aromatic carbocycles. The van der Waals surface area contributed by atoms with E-state index in [0.717, 1.165) is 5.56 Å². The van der Waals surface area contributed by atoms with E-state index in [2.05, 4.69) is 10.1 Å². The minimum Gasteiger partial charge on any atom is -0.444 e. The Hall–Kier alpha value is -2.96. The van der Waals surface area contributed by atoms with Crippen LogP contribution in [0.1, 0.15) is 5.69 Å². The third-order valence-electron chi connectivity index (χ3n) is 2.73. The van der Waals surface area contributed by atoms with Crippen LogP contribution in [0, 0.1) is 10.1 Å². The van der Waals surface area contributed by atoms with Crippen LogP contribution in [-0.4, -0.2) is 19.7 Å². The van der Waals surface area contributed by atoms with Crippen molar-refractivity contribution < 1.29 is 9.34 Å². The van der Waals surface area contributed by atoms with Crippen LogP contribution in [0.15, 0.2) is 53.4 Å². The van der Waals surface area contributed by atoms with Gasteiger partial charge in [0.15, 0.2) is 0 Å². The van der Waals surface area contributed by atoms with Crippen LogP contribution in [0.25, 0.3) is 11.5 Å². The van der Waals surface area contributed by atoms with E-state index in [1.807, 2.05) is 30.3 Å². The molecule has 0 aliphatic rings. The van der Waals surface area contributed by atoms with Gasteiger partial charge in [-0.25, -0.2) is 4.98 Å². The molecule has 0 fully saturated rings. The zero-order valence-corrected chi connectivity index (χ0v) is 10.3. The van der Waals surface area contributed by atoms with Gasteiger partial charge in [0.2, 0.25) is 5.89 Å². The Bertz CT molecular complexity index is 733. The molecule has 20 heavy (non-hydrogen) atoms. The van der Waals surface area contributed by atoms with Crippen molar-refractivity contribution in [3.8, 4) is 11.5 Å². The standard InChI is InChI=1S/C13H10N4O3/c18-17(19)12-6-14-16(8-12)7-11-9-20-13(15-11)10-4-2-1-3-5-10/h1-6,8-9H,7H2. The predicted octanol–water partition coefficient (Wildman–Crippen LogP) is 2.49. The van der Waals surface area contributed by atoms with Crippen LogP contribution >= 0.6 is 0 Å². The predicted molar refractivity (Wildman–Crippen MR) is 69.9 cm³/mol. The first-order valence-corrected chi connectivity index (χ1v) is 5.89. The SMILES string of the molecule is O=[N+]([O-])c1cnn(Cc2coc(-c3ccccc3)n2)c1. The van der Waals surface area contributed by atoms with Crippen LogP contribution in [0.3, 0.4) is 0 Å². The summed E-state index contributed by atoms with van der Waals surface area (Å²) in [6, 6.07) is 9.51. The lowest BCUT2D eigenvalue weighted by molar-refractivity contribution is -0.385. The van der Waals surface area contributed by atoms with Crippen LogP contribution in [0.5, 0.6) is 0 Å². The molecule has 3 aromatic rings. The average Bonchev–Trinajstić information content (AvgIpc) is 3.10. The number of hydrogen-bond donors (Lipinski definition) is 0. The van der Waals surface area contributed by atoms with Crippen molar-refractivity contribution in [2.45, 2.75) is 6.54 Å². The summed E-state index contributed by atoms with van der Waals surface area (Å²) in [5, 5.41) is 14.5. The number of oxazole rings is 1. The molecule has 0 aliphatic carbocycles. The first-order valence-electron chi connectivity index (χ1n) is 5.89. The molecule has 0 aliphatic heterocycles. The smallest absolute Gasteiger partial charge is 0.307 e. The van der Waals surface area contributed by atoms with Crippen molar-refractivity contribution in [1.82, 2.24) is 14.8 Å². The number of aromatic nitrogens is 3. The summed E-state index contributed by atoms with van der Waals surface area (Å²) >= 11 is 0. The van der Waals surface area contributed by atoms with Crippen molar-refractivity contribution >= 4 is 5.69 Å². The fourth-order valence-corrected chi connectivity index (χ4v) is 1.79. The Morgan fingerprint density at radius 1 is 1.30 bits per heavy atom. The van der Waals surface area contributed by atoms with Crippen molar-refractivity contribution in [3.05, 3.63) is 64.8 Å². The Balaban J connectivity index is 1.78. The average molecular weight is 270 g/mol.